The van der Waals surface area contributed by atoms with Gasteiger partial charge in [-0.1, -0.05) is 83.9 Å². The second kappa shape index (κ2) is 10.2. The summed E-state index contributed by atoms with van der Waals surface area (Å²) >= 11 is 12.7. The molecule has 0 heterocycles. The quantitative estimate of drug-likeness (QED) is 0.397. The number of hydrogen-bond donors (Lipinski definition) is 1. The Morgan fingerprint density at radius 1 is 0.933 bits per heavy atom. The molecule has 3 aromatic rings. The first kappa shape index (κ1) is 21.8. The summed E-state index contributed by atoms with van der Waals surface area (Å²) < 4.78 is 11.6. The number of carboxylic acid groups (broad SMARTS) is 1. The van der Waals surface area contributed by atoms with E-state index in [9.17, 15) is 9.90 Å². The largest absolute Gasteiger partial charge is 0.489 e. The van der Waals surface area contributed by atoms with Gasteiger partial charge in [-0.25, -0.2) is 4.79 Å². The van der Waals surface area contributed by atoms with Crippen LogP contribution in [-0.4, -0.2) is 11.1 Å². The molecule has 0 unspecified atom stereocenters. The third-order valence-electron chi connectivity index (χ3n) is 4.42. The molecule has 0 saturated heterocycles. The van der Waals surface area contributed by atoms with Crippen molar-refractivity contribution in [1.29, 1.82) is 0 Å². The molecule has 0 aliphatic rings. The average molecular weight is 443 g/mol. The smallest absolute Gasteiger partial charge is 0.335 e. The Morgan fingerprint density at radius 3 is 2.20 bits per heavy atom. The third kappa shape index (κ3) is 5.35. The highest BCUT2D eigenvalue weighted by molar-refractivity contribution is 6.37. The topological polar surface area (TPSA) is 55.8 Å². The lowest BCUT2D eigenvalue weighted by Crippen LogP contribution is -2.05. The summed E-state index contributed by atoms with van der Waals surface area (Å²) in [5.41, 5.74) is 2.56. The molecule has 0 aliphatic carbocycles. The van der Waals surface area contributed by atoms with Crippen LogP contribution in [-0.2, 0) is 18.0 Å². The predicted octanol–water partition coefficient (Wildman–Crippen LogP) is 6.64. The molecule has 4 nitrogen and oxygen atoms in total. The minimum absolute atomic E-state index is 0.164. The molecule has 1 N–H and O–H groups in total. The van der Waals surface area contributed by atoms with Gasteiger partial charge in [0.1, 0.15) is 19.0 Å². The molecular formula is C24H20Cl2O4. The maximum absolute atomic E-state index is 11.5. The lowest BCUT2D eigenvalue weighted by molar-refractivity contribution is -0.130. The first-order chi connectivity index (χ1) is 14.5. The number of ether oxygens (including phenoxy) is 2. The van der Waals surface area contributed by atoms with Gasteiger partial charge in [0.05, 0.1) is 15.6 Å². The van der Waals surface area contributed by atoms with Gasteiger partial charge in [-0.05, 0) is 23.6 Å². The fourth-order valence-corrected chi connectivity index (χ4v) is 3.53. The van der Waals surface area contributed by atoms with E-state index in [1.807, 2.05) is 42.5 Å². The summed E-state index contributed by atoms with van der Waals surface area (Å²) in [7, 11) is 0. The van der Waals surface area contributed by atoms with Crippen molar-refractivity contribution in [2.45, 2.75) is 20.1 Å². The number of halogens is 2. The van der Waals surface area contributed by atoms with E-state index in [1.165, 1.54) is 0 Å². The van der Waals surface area contributed by atoms with E-state index in [0.717, 1.165) is 11.1 Å². The van der Waals surface area contributed by atoms with Gasteiger partial charge in [-0.15, -0.1) is 0 Å². The van der Waals surface area contributed by atoms with Gasteiger partial charge in [0.2, 0.25) is 0 Å². The number of rotatable bonds is 8. The fraction of sp³-hybridized carbons (Fsp3) is 0.125. The van der Waals surface area contributed by atoms with Crippen LogP contribution in [0.15, 0.2) is 72.8 Å². The summed E-state index contributed by atoms with van der Waals surface area (Å²) in [5.74, 6) is -0.141. The Labute approximate surface area is 185 Å². The molecule has 154 valence electrons. The molecule has 0 spiro atoms. The van der Waals surface area contributed by atoms with Gasteiger partial charge < -0.3 is 14.6 Å². The molecule has 30 heavy (non-hydrogen) atoms. The zero-order valence-corrected chi connectivity index (χ0v) is 17.8. The zero-order valence-electron chi connectivity index (χ0n) is 16.3. The Morgan fingerprint density at radius 2 is 1.57 bits per heavy atom. The van der Waals surface area contributed by atoms with Crippen LogP contribution in [0.4, 0.5) is 0 Å². The summed E-state index contributed by atoms with van der Waals surface area (Å²) in [6.07, 6.45) is 1.56. The maximum Gasteiger partial charge on any atom is 0.335 e. The number of aliphatic carboxylic acids is 1. The maximum atomic E-state index is 11.5. The number of carboxylic acids is 1. The van der Waals surface area contributed by atoms with E-state index >= 15 is 0 Å². The molecule has 6 heteroatoms. The molecule has 0 atom stereocenters. The standard InChI is InChI=1S/C24H20Cl2O4/c1-2-19(24(27)28)20-11-7-6-10-17(20)15-29-18-12-21(25)23(22(26)13-18)30-14-16-8-4-3-5-9-16/h2-13H,14-15H2,1H3,(H,27,28)/b19-2+. The second-order valence-electron chi connectivity index (χ2n) is 6.44. The minimum atomic E-state index is -0.990. The highest BCUT2D eigenvalue weighted by atomic mass is 35.5. The molecule has 0 fully saturated rings. The third-order valence-corrected chi connectivity index (χ3v) is 4.98. The summed E-state index contributed by atoms with van der Waals surface area (Å²) in [4.78, 5) is 11.5. The van der Waals surface area contributed by atoms with E-state index in [0.29, 0.717) is 33.7 Å². The van der Waals surface area contributed by atoms with E-state index < -0.39 is 5.97 Å². The van der Waals surface area contributed by atoms with Crippen molar-refractivity contribution in [3.05, 3.63) is 99.5 Å². The summed E-state index contributed by atoms with van der Waals surface area (Å²) in [5, 5.41) is 10.1. The molecule has 0 aromatic heterocycles. The molecule has 0 bridgehead atoms. The highest BCUT2D eigenvalue weighted by Crippen LogP contribution is 2.37. The Hall–Kier alpha value is -2.95. The number of carbonyl (C=O) groups is 1. The summed E-state index contributed by atoms with van der Waals surface area (Å²) in [6, 6.07) is 20.2. The van der Waals surface area contributed by atoms with Crippen molar-refractivity contribution in [3.8, 4) is 11.5 Å². The molecule has 3 aromatic carbocycles. The van der Waals surface area contributed by atoms with Gasteiger partial charge in [0, 0.05) is 12.1 Å². The Balaban J connectivity index is 1.74. The van der Waals surface area contributed by atoms with Gasteiger partial charge in [-0.2, -0.15) is 0 Å². The number of benzene rings is 3. The predicted molar refractivity (Wildman–Crippen MR) is 119 cm³/mol. The van der Waals surface area contributed by atoms with Crippen molar-refractivity contribution in [3.63, 3.8) is 0 Å². The van der Waals surface area contributed by atoms with E-state index in [4.69, 9.17) is 32.7 Å². The molecule has 0 saturated carbocycles. The van der Waals surface area contributed by atoms with Crippen molar-refractivity contribution < 1.29 is 19.4 Å². The van der Waals surface area contributed by atoms with E-state index in [-0.39, 0.29) is 12.2 Å². The monoisotopic (exact) mass is 442 g/mol. The van der Waals surface area contributed by atoms with Crippen LogP contribution in [0.3, 0.4) is 0 Å². The van der Waals surface area contributed by atoms with Crippen molar-refractivity contribution >= 4 is 34.7 Å². The Kier molecular flexibility index (Phi) is 7.39. The van der Waals surface area contributed by atoms with E-state index in [1.54, 1.807) is 37.3 Å². The van der Waals surface area contributed by atoms with Crippen molar-refractivity contribution in [1.82, 2.24) is 0 Å². The van der Waals surface area contributed by atoms with Crippen LogP contribution in [0.2, 0.25) is 10.0 Å². The van der Waals surface area contributed by atoms with Gasteiger partial charge >= 0.3 is 5.97 Å². The van der Waals surface area contributed by atoms with E-state index in [2.05, 4.69) is 0 Å². The molecular weight excluding hydrogens is 423 g/mol. The van der Waals surface area contributed by atoms with Gasteiger partial charge in [0.15, 0.2) is 5.75 Å². The van der Waals surface area contributed by atoms with Gasteiger partial charge in [-0.3, -0.25) is 0 Å². The van der Waals surface area contributed by atoms with Crippen molar-refractivity contribution in [2.75, 3.05) is 0 Å². The first-order valence-electron chi connectivity index (χ1n) is 9.26. The molecule has 3 rings (SSSR count). The van der Waals surface area contributed by atoms with Crippen molar-refractivity contribution in [2.24, 2.45) is 0 Å². The molecule has 0 amide bonds. The first-order valence-corrected chi connectivity index (χ1v) is 10.0. The average Bonchev–Trinajstić information content (AvgIpc) is 2.73. The minimum Gasteiger partial charge on any atom is -0.489 e. The van der Waals surface area contributed by atoms with Crippen LogP contribution in [0.1, 0.15) is 23.6 Å². The molecule has 0 radical (unpaired) electrons. The van der Waals surface area contributed by atoms with Crippen LogP contribution in [0.25, 0.3) is 5.57 Å². The second-order valence-corrected chi connectivity index (χ2v) is 7.26. The number of allylic oxidation sites excluding steroid dienone is 1. The normalized spacial score (nSPS) is 11.2. The fourth-order valence-electron chi connectivity index (χ4n) is 2.95. The number of hydrogen-bond acceptors (Lipinski definition) is 3. The van der Waals surface area contributed by atoms with Crippen LogP contribution in [0, 0.1) is 0 Å². The zero-order chi connectivity index (χ0) is 21.5. The lowest BCUT2D eigenvalue weighted by atomic mass is 10.00. The summed E-state index contributed by atoms with van der Waals surface area (Å²) in [6.45, 7) is 2.20. The molecule has 0 aliphatic heterocycles. The van der Waals surface area contributed by atoms with Crippen LogP contribution < -0.4 is 9.47 Å². The van der Waals surface area contributed by atoms with Crippen LogP contribution in [0.5, 0.6) is 11.5 Å². The van der Waals surface area contributed by atoms with Crippen LogP contribution >= 0.6 is 23.2 Å². The SMILES string of the molecule is C/C=C(/C(=O)O)c1ccccc1COc1cc(Cl)c(OCc2ccccc2)c(Cl)c1. The highest BCUT2D eigenvalue weighted by Gasteiger charge is 2.15. The van der Waals surface area contributed by atoms with Gasteiger partial charge in [0.25, 0.3) is 0 Å². The lowest BCUT2D eigenvalue weighted by Gasteiger charge is -2.14. The Bertz CT molecular complexity index is 1040.